The van der Waals surface area contributed by atoms with E-state index in [2.05, 4.69) is 0 Å². The summed E-state index contributed by atoms with van der Waals surface area (Å²) in [6, 6.07) is 14.6. The zero-order valence-corrected chi connectivity index (χ0v) is 19.3. The number of carbonyl (C=O) groups excluding carboxylic acids is 1. The summed E-state index contributed by atoms with van der Waals surface area (Å²) in [6.45, 7) is 2.01. The summed E-state index contributed by atoms with van der Waals surface area (Å²) < 4.78 is 4.32. The molecule has 5 nitrogen and oxygen atoms in total. The molecule has 0 fully saturated rings. The number of hydrogen-bond acceptors (Lipinski definition) is 6. The number of aromatic nitrogens is 3. The predicted octanol–water partition coefficient (Wildman–Crippen LogP) is 5.45. The molecule has 0 spiro atoms. The van der Waals surface area contributed by atoms with Crippen molar-refractivity contribution in [2.45, 2.75) is 12.1 Å². The number of Topliss-reactive ketones (excluding diaryl/α,β-unsaturated/α-hetero) is 1. The zero-order chi connectivity index (χ0) is 21.4. The minimum Gasteiger partial charge on any atom is -0.293 e. The molecule has 0 atom stereocenters. The summed E-state index contributed by atoms with van der Waals surface area (Å²) in [5.74, 6) is 0.0923. The fourth-order valence-corrected chi connectivity index (χ4v) is 5.24. The summed E-state index contributed by atoms with van der Waals surface area (Å²) in [5.41, 5.74) is 2.88. The molecule has 4 aromatic rings. The van der Waals surface area contributed by atoms with E-state index in [1.807, 2.05) is 31.2 Å². The van der Waals surface area contributed by atoms with Gasteiger partial charge < -0.3 is 0 Å². The normalized spacial score (nSPS) is 11.2. The quantitative estimate of drug-likeness (QED) is 0.167. The van der Waals surface area contributed by atoms with Crippen LogP contribution in [0.2, 0.25) is 5.02 Å². The van der Waals surface area contributed by atoms with Crippen LogP contribution >= 0.6 is 46.9 Å². The molecule has 0 bridgehead atoms. The van der Waals surface area contributed by atoms with Gasteiger partial charge in [-0.05, 0) is 55.5 Å². The maximum atomic E-state index is 12.9. The Kier molecular flexibility index (Phi) is 5.92. The number of hydrogen-bond donors (Lipinski definition) is 0. The van der Waals surface area contributed by atoms with E-state index in [0.717, 1.165) is 11.3 Å². The Morgan fingerprint density at radius 1 is 1.17 bits per heavy atom. The molecule has 4 rings (SSSR count). The minimum atomic E-state index is -0.177. The Morgan fingerprint density at radius 3 is 2.50 bits per heavy atom. The Bertz CT molecular complexity index is 1370. The fraction of sp³-hybridized carbons (Fsp3) is 0.143. The number of halogens is 1. The summed E-state index contributed by atoms with van der Waals surface area (Å²) in [5, 5.41) is 1.04. The molecule has 2 aromatic heterocycles. The fourth-order valence-electron chi connectivity index (χ4n) is 2.91. The number of nitrogens with zero attached hydrogens (tertiary/aromatic N) is 3. The molecule has 0 unspecified atom stereocenters. The third-order valence-corrected chi connectivity index (χ3v) is 7.20. The zero-order valence-electron chi connectivity index (χ0n) is 16.1. The molecular weight excluding hydrogens is 458 g/mol. The highest BCUT2D eigenvalue weighted by atomic mass is 35.5. The van der Waals surface area contributed by atoms with Crippen LogP contribution in [0.25, 0.3) is 16.0 Å². The van der Waals surface area contributed by atoms with Gasteiger partial charge in [-0.2, -0.15) is 0 Å². The van der Waals surface area contributed by atoms with Gasteiger partial charge in [0.15, 0.2) is 20.5 Å². The first kappa shape index (κ1) is 21.0. The second kappa shape index (κ2) is 8.47. The Labute approximate surface area is 191 Å². The van der Waals surface area contributed by atoms with Crippen LogP contribution < -0.4 is 5.56 Å². The number of rotatable bonds is 5. The van der Waals surface area contributed by atoms with Gasteiger partial charge in [-0.1, -0.05) is 52.4 Å². The van der Waals surface area contributed by atoms with Gasteiger partial charge in [-0.15, -0.1) is 0 Å². The first-order chi connectivity index (χ1) is 14.3. The van der Waals surface area contributed by atoms with Gasteiger partial charge in [0.2, 0.25) is 0 Å². The van der Waals surface area contributed by atoms with Crippen molar-refractivity contribution in [1.82, 2.24) is 14.1 Å². The summed E-state index contributed by atoms with van der Waals surface area (Å²) >= 11 is 13.9. The van der Waals surface area contributed by atoms with Crippen LogP contribution in [0.1, 0.15) is 15.9 Å². The van der Waals surface area contributed by atoms with Crippen LogP contribution in [0, 0.1) is 10.9 Å². The van der Waals surface area contributed by atoms with Gasteiger partial charge in [0.25, 0.3) is 5.56 Å². The van der Waals surface area contributed by atoms with Gasteiger partial charge in [0, 0.05) is 23.3 Å². The van der Waals surface area contributed by atoms with Crippen molar-refractivity contribution in [3.63, 3.8) is 0 Å². The van der Waals surface area contributed by atoms with Crippen molar-refractivity contribution in [1.29, 1.82) is 0 Å². The summed E-state index contributed by atoms with van der Waals surface area (Å²) in [4.78, 5) is 30.1. The van der Waals surface area contributed by atoms with E-state index in [0.29, 0.717) is 30.0 Å². The average molecular weight is 474 g/mol. The molecule has 0 radical (unpaired) electrons. The van der Waals surface area contributed by atoms with Gasteiger partial charge in [-0.25, -0.2) is 4.98 Å². The number of benzene rings is 2. The lowest BCUT2D eigenvalue weighted by Crippen LogP contribution is -2.20. The molecule has 0 amide bonds. The first-order valence-corrected chi connectivity index (χ1v) is 11.5. The highest BCUT2D eigenvalue weighted by molar-refractivity contribution is 7.99. The monoisotopic (exact) mass is 473 g/mol. The van der Waals surface area contributed by atoms with E-state index in [4.69, 9.17) is 28.8 Å². The number of fused-ring (bicyclic) bond motifs is 1. The second-order valence-electron chi connectivity index (χ2n) is 6.67. The molecule has 0 aliphatic heterocycles. The third-order valence-electron chi connectivity index (χ3n) is 4.56. The van der Waals surface area contributed by atoms with Crippen LogP contribution in [0.15, 0.2) is 58.5 Å². The molecular formula is C21H16ClN3O2S3. The van der Waals surface area contributed by atoms with Crippen molar-refractivity contribution in [2.24, 2.45) is 7.05 Å². The van der Waals surface area contributed by atoms with Crippen LogP contribution in [-0.4, -0.2) is 25.7 Å². The van der Waals surface area contributed by atoms with Gasteiger partial charge in [0.05, 0.1) is 5.75 Å². The molecule has 30 heavy (non-hydrogen) atoms. The topological polar surface area (TPSA) is 56.9 Å². The number of aryl methyl sites for hydroxylation is 1. The number of thiazole rings is 1. The highest BCUT2D eigenvalue weighted by Gasteiger charge is 2.17. The van der Waals surface area contributed by atoms with Crippen molar-refractivity contribution in [3.8, 4) is 5.69 Å². The van der Waals surface area contributed by atoms with Crippen LogP contribution in [-0.2, 0) is 7.05 Å². The molecule has 0 saturated carbocycles. The largest absolute Gasteiger partial charge is 0.293 e. The Hall–Kier alpha value is -2.26. The lowest BCUT2D eigenvalue weighted by atomic mass is 10.1. The Balaban J connectivity index is 1.73. The Morgan fingerprint density at radius 2 is 1.83 bits per heavy atom. The molecule has 9 heteroatoms. The van der Waals surface area contributed by atoms with E-state index in [9.17, 15) is 9.59 Å². The van der Waals surface area contributed by atoms with E-state index in [1.165, 1.54) is 27.7 Å². The number of ketones is 1. The summed E-state index contributed by atoms with van der Waals surface area (Å²) in [6.07, 6.45) is 0. The second-order valence-corrected chi connectivity index (χ2v) is 9.69. The third kappa shape index (κ3) is 4.00. The van der Waals surface area contributed by atoms with Crippen LogP contribution in [0.4, 0.5) is 0 Å². The lowest BCUT2D eigenvalue weighted by Gasteiger charge is -2.09. The molecule has 2 heterocycles. The van der Waals surface area contributed by atoms with E-state index in [-0.39, 0.29) is 17.1 Å². The summed E-state index contributed by atoms with van der Waals surface area (Å²) in [7, 11) is 1.66. The number of carbonyl (C=O) groups is 1. The molecule has 0 aliphatic carbocycles. The lowest BCUT2D eigenvalue weighted by molar-refractivity contribution is 0.102. The van der Waals surface area contributed by atoms with Gasteiger partial charge in [0.1, 0.15) is 4.70 Å². The smallest absolute Gasteiger partial charge is 0.273 e. The van der Waals surface area contributed by atoms with Crippen molar-refractivity contribution < 1.29 is 4.79 Å². The maximum absolute atomic E-state index is 12.9. The molecule has 0 aliphatic rings. The van der Waals surface area contributed by atoms with Gasteiger partial charge >= 0.3 is 0 Å². The maximum Gasteiger partial charge on any atom is 0.273 e. The molecule has 2 aromatic carbocycles. The van der Waals surface area contributed by atoms with Crippen molar-refractivity contribution in [2.75, 3.05) is 5.75 Å². The van der Waals surface area contributed by atoms with Crippen LogP contribution in [0.5, 0.6) is 0 Å². The van der Waals surface area contributed by atoms with E-state index >= 15 is 0 Å². The number of thioether (sulfide) groups is 1. The average Bonchev–Trinajstić information content (AvgIpc) is 3.06. The van der Waals surface area contributed by atoms with Gasteiger partial charge in [-0.3, -0.25) is 18.7 Å². The molecule has 0 saturated heterocycles. The first-order valence-electron chi connectivity index (χ1n) is 8.96. The minimum absolute atomic E-state index is 0.0632. The van der Waals surface area contributed by atoms with E-state index in [1.54, 1.807) is 35.9 Å². The van der Waals surface area contributed by atoms with Crippen molar-refractivity contribution in [3.05, 3.63) is 79.0 Å². The highest BCUT2D eigenvalue weighted by Crippen LogP contribution is 2.26. The van der Waals surface area contributed by atoms with E-state index < -0.39 is 0 Å². The van der Waals surface area contributed by atoms with Crippen molar-refractivity contribution >= 4 is 63.0 Å². The molecule has 152 valence electrons. The SMILES string of the molecule is Cc1ccc(-n2c(=S)sc3c(=O)n(C)c(SCC(=O)c4ccc(Cl)cc4)nc32)cc1. The molecule has 0 N–H and O–H groups in total. The predicted molar refractivity (Wildman–Crippen MR) is 126 cm³/mol. The standard InChI is InChI=1S/C21H16ClN3O2S3/c1-12-3-9-15(10-4-12)25-18-17(30-21(25)28)19(27)24(2)20(23-18)29-11-16(26)13-5-7-14(22)8-6-13/h3-10H,11H2,1-2H3. The van der Waals surface area contributed by atoms with Crippen LogP contribution in [0.3, 0.4) is 0 Å².